The Morgan fingerprint density at radius 2 is 1.86 bits per heavy atom. The van der Waals surface area contributed by atoms with Crippen molar-refractivity contribution in [3.8, 4) is 0 Å². The Balaban J connectivity index is 1.35. The summed E-state index contributed by atoms with van der Waals surface area (Å²) in [5.74, 6) is -0.395. The number of carbonyl (C=O) groups excluding carboxylic acids is 2. The molecular weight excluding hydrogens is 493 g/mol. The van der Waals surface area contributed by atoms with Crippen molar-refractivity contribution >= 4 is 34.8 Å². The fraction of sp³-hybridized carbons (Fsp3) is 0.423. The number of anilines is 1. The minimum Gasteiger partial charge on any atom is -0.353 e. The van der Waals surface area contributed by atoms with Crippen molar-refractivity contribution in [1.29, 1.82) is 0 Å². The number of hydrogen-bond acceptors (Lipinski definition) is 3. The van der Waals surface area contributed by atoms with Crippen LogP contribution in [-0.2, 0) is 11.0 Å². The largest absolute Gasteiger partial charge is 0.416 e. The van der Waals surface area contributed by atoms with E-state index in [9.17, 15) is 22.8 Å². The van der Waals surface area contributed by atoms with E-state index in [4.69, 9.17) is 11.6 Å². The molecule has 6 nitrogen and oxygen atoms in total. The van der Waals surface area contributed by atoms with Crippen molar-refractivity contribution in [2.45, 2.75) is 57.2 Å². The molecule has 1 aliphatic heterocycles. The van der Waals surface area contributed by atoms with Crippen LogP contribution in [0.5, 0.6) is 0 Å². The van der Waals surface area contributed by atoms with E-state index in [1.165, 1.54) is 12.1 Å². The average Bonchev–Trinajstić information content (AvgIpc) is 3.36. The lowest BCUT2D eigenvalue weighted by Gasteiger charge is -2.27. The molecule has 1 fully saturated rings. The number of hydrogen-bond donors (Lipinski definition) is 2. The zero-order chi connectivity index (χ0) is 25.9. The van der Waals surface area contributed by atoms with Crippen molar-refractivity contribution in [3.05, 3.63) is 64.4 Å². The van der Waals surface area contributed by atoms with Gasteiger partial charge in [0.2, 0.25) is 5.91 Å². The van der Waals surface area contributed by atoms with E-state index in [1.54, 1.807) is 17.2 Å². The second-order valence-electron chi connectivity index (χ2n) is 9.24. The molecular formula is C26H28ClF3N4O2. The molecule has 2 aromatic rings. The summed E-state index contributed by atoms with van der Waals surface area (Å²) in [4.78, 5) is 31.2. The van der Waals surface area contributed by atoms with Gasteiger partial charge in [0.15, 0.2) is 0 Å². The maximum Gasteiger partial charge on any atom is 0.416 e. The normalized spacial score (nSPS) is 17.5. The number of aromatic nitrogens is 1. The number of nitrogens with one attached hydrogen (secondary N) is 2. The number of carbonyl (C=O) groups is 2. The third-order valence-electron chi connectivity index (χ3n) is 6.72. The number of urea groups is 1. The van der Waals surface area contributed by atoms with E-state index >= 15 is 0 Å². The first-order valence-electron chi connectivity index (χ1n) is 12.0. The topological polar surface area (TPSA) is 74.3 Å². The summed E-state index contributed by atoms with van der Waals surface area (Å²) in [6.07, 6.45) is 3.95. The minimum atomic E-state index is -4.43. The van der Waals surface area contributed by atoms with E-state index < -0.39 is 17.8 Å². The van der Waals surface area contributed by atoms with Crippen molar-refractivity contribution in [2.75, 3.05) is 18.4 Å². The van der Waals surface area contributed by atoms with Gasteiger partial charge in [0.1, 0.15) is 0 Å². The molecule has 1 saturated carbocycles. The lowest BCUT2D eigenvalue weighted by atomic mass is 9.99. The highest BCUT2D eigenvalue weighted by atomic mass is 35.5. The fourth-order valence-electron chi connectivity index (χ4n) is 4.49. The Hall–Kier alpha value is -3.07. The van der Waals surface area contributed by atoms with Crippen LogP contribution in [0.2, 0.25) is 5.02 Å². The highest BCUT2D eigenvalue weighted by Gasteiger charge is 2.30. The molecule has 2 N–H and O–H groups in total. The van der Waals surface area contributed by atoms with Crippen LogP contribution in [0.3, 0.4) is 0 Å². The van der Waals surface area contributed by atoms with Gasteiger partial charge in [-0.1, -0.05) is 30.5 Å². The number of alkyl halides is 3. The highest BCUT2D eigenvalue weighted by molar-refractivity contribution is 6.32. The summed E-state index contributed by atoms with van der Waals surface area (Å²) in [7, 11) is 0. The predicted octanol–water partition coefficient (Wildman–Crippen LogP) is 6.24. The van der Waals surface area contributed by atoms with Crippen LogP contribution in [-0.4, -0.2) is 41.0 Å². The molecule has 0 bridgehead atoms. The lowest BCUT2D eigenvalue weighted by molar-refractivity contribution is -0.137. The van der Waals surface area contributed by atoms with Crippen molar-refractivity contribution in [1.82, 2.24) is 15.2 Å². The van der Waals surface area contributed by atoms with Gasteiger partial charge in [0.05, 0.1) is 22.2 Å². The van der Waals surface area contributed by atoms with Crippen LogP contribution in [0, 0.1) is 0 Å². The van der Waals surface area contributed by atoms with Gasteiger partial charge < -0.3 is 15.5 Å². The number of pyridine rings is 1. The molecule has 0 saturated heterocycles. The standard InChI is InChI=1S/C26H28ClF3N4O2/c1-16(24(35)32-20-4-2-3-5-20)18-14-22(27)23(31-15-18)17-10-12-34(13-11-17)25(36)33-21-8-6-19(7-9-21)26(28,29)30/h6-10,14-16,20H,2-5,11-13H2,1H3,(H,32,35)(H,33,36). The monoisotopic (exact) mass is 520 g/mol. The Labute approximate surface area is 212 Å². The van der Waals surface area contributed by atoms with Gasteiger partial charge in [-0.3, -0.25) is 9.78 Å². The number of rotatable bonds is 5. The molecule has 0 radical (unpaired) electrons. The van der Waals surface area contributed by atoms with Crippen LogP contribution in [0.4, 0.5) is 23.7 Å². The second-order valence-corrected chi connectivity index (χ2v) is 9.65. The molecule has 0 spiro atoms. The maximum absolute atomic E-state index is 12.7. The predicted molar refractivity (Wildman–Crippen MR) is 133 cm³/mol. The third kappa shape index (κ3) is 6.19. The molecule has 10 heteroatoms. The Kier molecular flexibility index (Phi) is 7.88. The third-order valence-corrected chi connectivity index (χ3v) is 7.01. The number of nitrogens with zero attached hydrogens (tertiary/aromatic N) is 2. The maximum atomic E-state index is 12.7. The van der Waals surface area contributed by atoms with Gasteiger partial charge in [0, 0.05) is 31.0 Å². The molecule has 1 unspecified atom stereocenters. The van der Waals surface area contributed by atoms with Gasteiger partial charge >= 0.3 is 12.2 Å². The summed E-state index contributed by atoms with van der Waals surface area (Å²) >= 11 is 6.52. The molecule has 36 heavy (non-hydrogen) atoms. The molecule has 2 heterocycles. The van der Waals surface area contributed by atoms with E-state index in [1.807, 2.05) is 13.0 Å². The molecule has 4 rings (SSSR count). The summed E-state index contributed by atoms with van der Waals surface area (Å²) in [6, 6.07) is 5.93. The summed E-state index contributed by atoms with van der Waals surface area (Å²) < 4.78 is 38.1. The van der Waals surface area contributed by atoms with Crippen LogP contribution < -0.4 is 10.6 Å². The van der Waals surface area contributed by atoms with E-state index in [-0.39, 0.29) is 23.6 Å². The first-order chi connectivity index (χ1) is 17.1. The van der Waals surface area contributed by atoms with Gasteiger partial charge in [0.25, 0.3) is 0 Å². The summed E-state index contributed by atoms with van der Waals surface area (Å²) in [5, 5.41) is 6.17. The average molecular weight is 521 g/mol. The zero-order valence-corrected chi connectivity index (χ0v) is 20.6. The number of halogens is 4. The fourth-order valence-corrected chi connectivity index (χ4v) is 4.78. The van der Waals surface area contributed by atoms with E-state index in [2.05, 4.69) is 15.6 Å². The van der Waals surface area contributed by atoms with E-state index in [0.717, 1.165) is 49.0 Å². The van der Waals surface area contributed by atoms with Gasteiger partial charge in [-0.05, 0) is 67.7 Å². The number of amides is 3. The van der Waals surface area contributed by atoms with Crippen LogP contribution in [0.25, 0.3) is 5.57 Å². The van der Waals surface area contributed by atoms with Crippen LogP contribution >= 0.6 is 11.6 Å². The molecule has 1 aromatic carbocycles. The van der Waals surface area contributed by atoms with Crippen LogP contribution in [0.1, 0.15) is 61.8 Å². The first kappa shape index (κ1) is 26.0. The SMILES string of the molecule is CC(C(=O)NC1CCCC1)c1cnc(C2=CCN(C(=O)Nc3ccc(C(F)(F)F)cc3)CC2)c(Cl)c1. The van der Waals surface area contributed by atoms with E-state index in [0.29, 0.717) is 30.2 Å². The molecule has 1 aromatic heterocycles. The van der Waals surface area contributed by atoms with Crippen LogP contribution in [0.15, 0.2) is 42.6 Å². The molecule has 1 atom stereocenters. The number of benzene rings is 1. The molecule has 192 valence electrons. The first-order valence-corrected chi connectivity index (χ1v) is 12.4. The van der Waals surface area contributed by atoms with Gasteiger partial charge in [-0.25, -0.2) is 4.79 Å². The zero-order valence-electron chi connectivity index (χ0n) is 19.9. The molecule has 2 aliphatic rings. The van der Waals surface area contributed by atoms with Crippen molar-refractivity contribution in [3.63, 3.8) is 0 Å². The molecule has 3 amide bonds. The quantitative estimate of drug-likeness (QED) is 0.490. The lowest BCUT2D eigenvalue weighted by Crippen LogP contribution is -2.38. The highest BCUT2D eigenvalue weighted by Crippen LogP contribution is 2.31. The summed E-state index contributed by atoms with van der Waals surface area (Å²) in [6.45, 7) is 2.55. The minimum absolute atomic E-state index is 0.0286. The summed E-state index contributed by atoms with van der Waals surface area (Å²) in [5.41, 5.74) is 1.77. The Bertz CT molecular complexity index is 1140. The Morgan fingerprint density at radius 3 is 2.44 bits per heavy atom. The van der Waals surface area contributed by atoms with Crippen molar-refractivity contribution < 1.29 is 22.8 Å². The van der Waals surface area contributed by atoms with Gasteiger partial charge in [-0.2, -0.15) is 13.2 Å². The second kappa shape index (κ2) is 10.9. The van der Waals surface area contributed by atoms with Crippen molar-refractivity contribution in [2.24, 2.45) is 0 Å². The molecule has 1 aliphatic carbocycles. The smallest absolute Gasteiger partial charge is 0.353 e. The Morgan fingerprint density at radius 1 is 1.17 bits per heavy atom. The van der Waals surface area contributed by atoms with Gasteiger partial charge in [-0.15, -0.1) is 0 Å².